The highest BCUT2D eigenvalue weighted by atomic mass is 35.5. The summed E-state index contributed by atoms with van der Waals surface area (Å²) in [6, 6.07) is 5.55. The number of H-pyrrole nitrogens is 1. The molecule has 0 spiro atoms. The van der Waals surface area contributed by atoms with Gasteiger partial charge in [0.25, 0.3) is 0 Å². The highest BCUT2D eigenvalue weighted by Gasteiger charge is 2.27. The molecule has 0 saturated carbocycles. The molecule has 6 nitrogen and oxygen atoms in total. The summed E-state index contributed by atoms with van der Waals surface area (Å²) in [5.41, 5.74) is 8.21. The van der Waals surface area contributed by atoms with Crippen LogP contribution in [0.15, 0.2) is 28.1 Å². The number of aromatic nitrogens is 4. The molecule has 1 saturated heterocycles. The Kier molecular flexibility index (Phi) is 4.96. The Morgan fingerprint density at radius 2 is 1.93 bits per heavy atom. The quantitative estimate of drug-likeness (QED) is 0.648. The van der Waals surface area contributed by atoms with Crippen LogP contribution in [-0.4, -0.2) is 38.6 Å². The van der Waals surface area contributed by atoms with Gasteiger partial charge in [-0.05, 0) is 38.8 Å². The van der Waals surface area contributed by atoms with Gasteiger partial charge in [-0.2, -0.15) is 4.98 Å². The minimum Gasteiger partial charge on any atom is -0.342 e. The molecule has 1 fully saturated rings. The van der Waals surface area contributed by atoms with Gasteiger partial charge in [0.2, 0.25) is 5.95 Å². The van der Waals surface area contributed by atoms with Crippen molar-refractivity contribution < 1.29 is 0 Å². The molecule has 3 heterocycles. The van der Waals surface area contributed by atoms with Gasteiger partial charge in [0, 0.05) is 23.5 Å². The van der Waals surface area contributed by atoms with Crippen LogP contribution in [0, 0.1) is 6.92 Å². The second-order valence-electron chi connectivity index (χ2n) is 7.14. The number of halogens is 2. The molecule has 0 atom stereocenters. The van der Waals surface area contributed by atoms with E-state index in [0.717, 1.165) is 47.5 Å². The first-order chi connectivity index (χ1) is 12.8. The van der Waals surface area contributed by atoms with Crippen LogP contribution in [0.3, 0.4) is 0 Å². The van der Waals surface area contributed by atoms with Crippen LogP contribution in [0.4, 0.5) is 5.95 Å². The first-order valence-electron chi connectivity index (χ1n) is 8.72. The van der Waals surface area contributed by atoms with Gasteiger partial charge in [0.1, 0.15) is 5.03 Å². The molecule has 142 valence electrons. The van der Waals surface area contributed by atoms with Gasteiger partial charge in [-0.1, -0.05) is 41.0 Å². The zero-order valence-electron chi connectivity index (χ0n) is 15.1. The lowest BCUT2D eigenvalue weighted by atomic mass is 9.91. The number of imidazole rings is 1. The number of aromatic amines is 1. The van der Waals surface area contributed by atoms with Gasteiger partial charge in [-0.25, -0.2) is 9.97 Å². The summed E-state index contributed by atoms with van der Waals surface area (Å²) in [4.78, 5) is 20.3. The van der Waals surface area contributed by atoms with Crippen LogP contribution in [0.1, 0.15) is 25.5 Å². The molecule has 0 amide bonds. The Morgan fingerprint density at radius 3 is 2.67 bits per heavy atom. The van der Waals surface area contributed by atoms with Crippen LogP contribution < -0.4 is 10.6 Å². The molecule has 27 heavy (non-hydrogen) atoms. The average molecular weight is 423 g/mol. The predicted molar refractivity (Wildman–Crippen MR) is 111 cm³/mol. The molecular formula is C18H20Cl2N6S. The molecule has 0 unspecified atom stereocenters. The van der Waals surface area contributed by atoms with E-state index in [0.29, 0.717) is 21.3 Å². The van der Waals surface area contributed by atoms with Crippen molar-refractivity contribution in [2.24, 2.45) is 5.73 Å². The topological polar surface area (TPSA) is 83.7 Å². The van der Waals surface area contributed by atoms with E-state index < -0.39 is 0 Å². The van der Waals surface area contributed by atoms with Crippen LogP contribution in [-0.2, 0) is 0 Å². The van der Waals surface area contributed by atoms with Crippen LogP contribution in [0.25, 0.3) is 11.3 Å². The Bertz CT molecular complexity index is 993. The molecule has 1 aromatic carbocycles. The number of aryl methyl sites for hydroxylation is 1. The standard InChI is InChI=1S/C18H20Cl2N6S/c1-10-16(27-12-5-3-4-11(19)13(12)20)23-15-14(22-10)24-17(25-15)26-8-6-18(2,21)7-9-26/h3-5H,6-9,21H2,1-2H3,(H,22,23,24,25). The van der Waals surface area contributed by atoms with E-state index in [1.54, 1.807) is 6.07 Å². The van der Waals surface area contributed by atoms with Crippen molar-refractivity contribution in [1.82, 2.24) is 19.9 Å². The number of fused-ring (bicyclic) bond motifs is 1. The van der Waals surface area contributed by atoms with Crippen molar-refractivity contribution in [3.05, 3.63) is 33.9 Å². The number of nitrogens with zero attached hydrogens (tertiary/aromatic N) is 4. The summed E-state index contributed by atoms with van der Waals surface area (Å²) >= 11 is 13.9. The van der Waals surface area contributed by atoms with Crippen molar-refractivity contribution in [2.45, 2.75) is 42.1 Å². The van der Waals surface area contributed by atoms with Crippen LogP contribution in [0.2, 0.25) is 10.0 Å². The maximum absolute atomic E-state index is 6.30. The fraction of sp³-hybridized carbons (Fsp3) is 0.389. The summed E-state index contributed by atoms with van der Waals surface area (Å²) < 4.78 is 0. The monoisotopic (exact) mass is 422 g/mol. The molecule has 0 aliphatic carbocycles. The third-order valence-corrected chi connectivity index (χ3v) is 6.85. The van der Waals surface area contributed by atoms with Gasteiger partial charge in [0.15, 0.2) is 11.3 Å². The second-order valence-corrected chi connectivity index (χ2v) is 8.96. The third-order valence-electron chi connectivity index (χ3n) is 4.78. The molecule has 2 aromatic heterocycles. The van der Waals surface area contributed by atoms with Crippen molar-refractivity contribution >= 4 is 52.2 Å². The third kappa shape index (κ3) is 3.87. The van der Waals surface area contributed by atoms with Crippen LogP contribution in [0.5, 0.6) is 0 Å². The van der Waals surface area contributed by atoms with Crippen molar-refractivity contribution in [1.29, 1.82) is 0 Å². The molecule has 3 aromatic rings. The minimum atomic E-state index is -0.102. The normalized spacial score (nSPS) is 16.9. The predicted octanol–water partition coefficient (Wildman–Crippen LogP) is 4.44. The molecule has 0 radical (unpaired) electrons. The number of hydrogen-bond acceptors (Lipinski definition) is 6. The summed E-state index contributed by atoms with van der Waals surface area (Å²) in [6.45, 7) is 5.76. The largest absolute Gasteiger partial charge is 0.342 e. The van der Waals surface area contributed by atoms with E-state index in [-0.39, 0.29) is 5.54 Å². The maximum atomic E-state index is 6.30. The molecule has 0 bridgehead atoms. The SMILES string of the molecule is Cc1nc2[nH]c(N3CCC(C)(N)CC3)nc2nc1Sc1cccc(Cl)c1Cl. The zero-order valence-corrected chi connectivity index (χ0v) is 17.4. The first kappa shape index (κ1) is 18.8. The van der Waals surface area contributed by atoms with E-state index >= 15 is 0 Å². The van der Waals surface area contributed by atoms with Gasteiger partial charge in [-0.15, -0.1) is 0 Å². The highest BCUT2D eigenvalue weighted by molar-refractivity contribution is 7.99. The van der Waals surface area contributed by atoms with Crippen molar-refractivity contribution in [2.75, 3.05) is 18.0 Å². The Hall–Kier alpha value is -1.54. The number of nitrogens with two attached hydrogens (primary N) is 1. The van der Waals surface area contributed by atoms with Gasteiger partial charge >= 0.3 is 0 Å². The molecule has 3 N–H and O–H groups in total. The Labute approximate surface area is 171 Å². The van der Waals surface area contributed by atoms with E-state index in [9.17, 15) is 0 Å². The van der Waals surface area contributed by atoms with Gasteiger partial charge in [-0.3, -0.25) is 0 Å². The lowest BCUT2D eigenvalue weighted by Gasteiger charge is -2.36. The summed E-state index contributed by atoms with van der Waals surface area (Å²) in [5.74, 6) is 0.794. The number of anilines is 1. The first-order valence-corrected chi connectivity index (χ1v) is 10.3. The lowest BCUT2D eigenvalue weighted by Crippen LogP contribution is -2.48. The fourth-order valence-corrected chi connectivity index (χ4v) is 4.39. The molecular weight excluding hydrogens is 403 g/mol. The molecule has 4 rings (SSSR count). The number of piperidine rings is 1. The lowest BCUT2D eigenvalue weighted by molar-refractivity contribution is 0.362. The van der Waals surface area contributed by atoms with Crippen molar-refractivity contribution in [3.63, 3.8) is 0 Å². The zero-order chi connectivity index (χ0) is 19.2. The molecule has 1 aliphatic rings. The maximum Gasteiger partial charge on any atom is 0.206 e. The summed E-state index contributed by atoms with van der Waals surface area (Å²) in [5, 5.41) is 1.80. The molecule has 1 aliphatic heterocycles. The van der Waals surface area contributed by atoms with E-state index in [1.807, 2.05) is 19.1 Å². The van der Waals surface area contributed by atoms with Crippen molar-refractivity contribution in [3.8, 4) is 0 Å². The summed E-state index contributed by atoms with van der Waals surface area (Å²) in [7, 11) is 0. The van der Waals surface area contributed by atoms with E-state index in [1.165, 1.54) is 11.8 Å². The van der Waals surface area contributed by atoms with Crippen LogP contribution >= 0.6 is 35.0 Å². The van der Waals surface area contributed by atoms with Gasteiger partial charge < -0.3 is 15.6 Å². The number of nitrogens with one attached hydrogen (secondary N) is 1. The van der Waals surface area contributed by atoms with E-state index in [2.05, 4.69) is 31.8 Å². The Balaban J connectivity index is 1.63. The second kappa shape index (κ2) is 7.13. The average Bonchev–Trinajstić information content (AvgIpc) is 3.01. The Morgan fingerprint density at radius 1 is 1.19 bits per heavy atom. The molecule has 9 heteroatoms. The number of hydrogen-bond donors (Lipinski definition) is 2. The summed E-state index contributed by atoms with van der Waals surface area (Å²) in [6.07, 6.45) is 1.86. The fourth-order valence-electron chi connectivity index (χ4n) is 3.03. The highest BCUT2D eigenvalue weighted by Crippen LogP contribution is 2.37. The number of benzene rings is 1. The number of rotatable bonds is 3. The van der Waals surface area contributed by atoms with Gasteiger partial charge in [0.05, 0.1) is 15.7 Å². The minimum absolute atomic E-state index is 0.102. The van der Waals surface area contributed by atoms with E-state index in [4.69, 9.17) is 28.9 Å². The smallest absolute Gasteiger partial charge is 0.206 e.